The molecule has 5 nitrogen and oxygen atoms in total. The minimum Gasteiger partial charge on any atom is -0.444 e. The van der Waals surface area contributed by atoms with Gasteiger partial charge < -0.3 is 15.8 Å². The second-order valence-electron chi connectivity index (χ2n) is 6.79. The monoisotopic (exact) mass is 305 g/mol. The number of amides is 1. The van der Waals surface area contributed by atoms with Crippen LogP contribution in [0.2, 0.25) is 0 Å². The Hall–Kier alpha value is -1.59. The minimum absolute atomic E-state index is 0.118. The van der Waals surface area contributed by atoms with E-state index in [1.165, 1.54) is 5.56 Å². The molecule has 2 atom stereocenters. The number of carbonyl (C=O) groups is 1. The van der Waals surface area contributed by atoms with E-state index in [9.17, 15) is 4.79 Å². The number of hydrogen-bond donors (Lipinski definition) is 2. The molecule has 0 radical (unpaired) electrons. The van der Waals surface area contributed by atoms with Gasteiger partial charge >= 0.3 is 6.09 Å². The van der Waals surface area contributed by atoms with E-state index in [2.05, 4.69) is 22.3 Å². The first-order chi connectivity index (χ1) is 10.4. The number of likely N-dealkylation sites (tertiary alicyclic amines) is 1. The van der Waals surface area contributed by atoms with Gasteiger partial charge in [0.15, 0.2) is 0 Å². The van der Waals surface area contributed by atoms with Gasteiger partial charge in [0.05, 0.1) is 0 Å². The van der Waals surface area contributed by atoms with E-state index >= 15 is 0 Å². The fourth-order valence-electron chi connectivity index (χ4n) is 2.83. The summed E-state index contributed by atoms with van der Waals surface area (Å²) in [6.07, 6.45) is 0.575. The molecule has 1 saturated heterocycles. The lowest BCUT2D eigenvalue weighted by molar-refractivity contribution is 0.0504. The number of carbonyl (C=O) groups excluding carboxylic acids is 1. The Bertz CT molecular complexity index is 484. The molecule has 0 aromatic heterocycles. The van der Waals surface area contributed by atoms with Crippen LogP contribution in [-0.2, 0) is 4.74 Å². The third-order valence-corrected chi connectivity index (χ3v) is 3.79. The summed E-state index contributed by atoms with van der Waals surface area (Å²) < 4.78 is 5.31. The third-order valence-electron chi connectivity index (χ3n) is 3.79. The van der Waals surface area contributed by atoms with Crippen LogP contribution in [0.15, 0.2) is 30.3 Å². The predicted octanol–water partition coefficient (Wildman–Crippen LogP) is 2.29. The van der Waals surface area contributed by atoms with Gasteiger partial charge in [-0.3, -0.25) is 4.90 Å². The number of benzene rings is 1. The molecular weight excluding hydrogens is 278 g/mol. The van der Waals surface area contributed by atoms with Gasteiger partial charge in [0.25, 0.3) is 0 Å². The molecule has 1 aliphatic rings. The van der Waals surface area contributed by atoms with Gasteiger partial charge in [0.1, 0.15) is 5.60 Å². The lowest BCUT2D eigenvalue weighted by atomic mass is 10.1. The van der Waals surface area contributed by atoms with Crippen LogP contribution in [0.5, 0.6) is 0 Å². The van der Waals surface area contributed by atoms with E-state index in [1.54, 1.807) is 0 Å². The van der Waals surface area contributed by atoms with Crippen LogP contribution < -0.4 is 11.1 Å². The largest absolute Gasteiger partial charge is 0.444 e. The molecule has 0 aliphatic carbocycles. The Kier molecular flexibility index (Phi) is 5.42. The molecule has 5 heteroatoms. The minimum atomic E-state index is -0.466. The zero-order valence-corrected chi connectivity index (χ0v) is 13.7. The SMILES string of the molecule is CC(C)(C)OC(=O)N[C@@H]1CCN([C@H](CN)c2ccccc2)C1. The maximum atomic E-state index is 11.9. The van der Waals surface area contributed by atoms with Crippen LogP contribution in [0.3, 0.4) is 0 Å². The summed E-state index contributed by atoms with van der Waals surface area (Å²) in [7, 11) is 0. The van der Waals surface area contributed by atoms with Crippen molar-refractivity contribution in [3.63, 3.8) is 0 Å². The van der Waals surface area contributed by atoms with Crippen molar-refractivity contribution in [1.82, 2.24) is 10.2 Å². The first-order valence-corrected chi connectivity index (χ1v) is 7.87. The van der Waals surface area contributed by atoms with E-state index in [4.69, 9.17) is 10.5 Å². The molecule has 1 aromatic rings. The fraction of sp³-hybridized carbons (Fsp3) is 0.588. The normalized spacial score (nSPS) is 20.6. The van der Waals surface area contributed by atoms with Crippen LogP contribution in [0.25, 0.3) is 0 Å². The zero-order valence-electron chi connectivity index (χ0n) is 13.7. The fourth-order valence-corrected chi connectivity index (χ4v) is 2.83. The number of ether oxygens (including phenoxy) is 1. The van der Waals surface area contributed by atoms with Gasteiger partial charge in [0.2, 0.25) is 0 Å². The van der Waals surface area contributed by atoms with Crippen LogP contribution in [0.1, 0.15) is 38.8 Å². The third kappa shape index (κ3) is 4.71. The number of alkyl carbamates (subject to hydrolysis) is 1. The van der Waals surface area contributed by atoms with Crippen molar-refractivity contribution in [3.8, 4) is 0 Å². The highest BCUT2D eigenvalue weighted by atomic mass is 16.6. The Balaban J connectivity index is 1.90. The molecule has 0 bridgehead atoms. The summed E-state index contributed by atoms with van der Waals surface area (Å²) >= 11 is 0. The predicted molar refractivity (Wildman–Crippen MR) is 87.6 cm³/mol. The topological polar surface area (TPSA) is 67.6 Å². The first kappa shape index (κ1) is 16.8. The molecule has 1 aromatic carbocycles. The van der Waals surface area contributed by atoms with E-state index in [-0.39, 0.29) is 18.2 Å². The second kappa shape index (κ2) is 7.11. The molecule has 1 amide bonds. The van der Waals surface area contributed by atoms with Crippen molar-refractivity contribution in [3.05, 3.63) is 35.9 Å². The summed E-state index contributed by atoms with van der Waals surface area (Å²) in [5.41, 5.74) is 6.72. The van der Waals surface area contributed by atoms with Crippen molar-refractivity contribution in [2.75, 3.05) is 19.6 Å². The van der Waals surface area contributed by atoms with Gasteiger partial charge in [-0.25, -0.2) is 4.79 Å². The van der Waals surface area contributed by atoms with Gasteiger partial charge in [0, 0.05) is 31.7 Å². The molecule has 122 valence electrons. The Morgan fingerprint density at radius 2 is 2.09 bits per heavy atom. The van der Waals surface area contributed by atoms with Crippen molar-refractivity contribution < 1.29 is 9.53 Å². The van der Waals surface area contributed by atoms with Gasteiger partial charge in [-0.1, -0.05) is 30.3 Å². The van der Waals surface area contributed by atoms with Crippen molar-refractivity contribution in [2.45, 2.75) is 44.9 Å². The molecule has 1 heterocycles. The van der Waals surface area contributed by atoms with E-state index < -0.39 is 5.60 Å². The number of nitrogens with zero attached hydrogens (tertiary/aromatic N) is 1. The number of nitrogens with one attached hydrogen (secondary N) is 1. The maximum Gasteiger partial charge on any atom is 0.407 e. The first-order valence-electron chi connectivity index (χ1n) is 7.87. The highest BCUT2D eigenvalue weighted by molar-refractivity contribution is 5.68. The lowest BCUT2D eigenvalue weighted by Crippen LogP contribution is -2.41. The summed E-state index contributed by atoms with van der Waals surface area (Å²) in [4.78, 5) is 14.2. The van der Waals surface area contributed by atoms with Crippen LogP contribution in [0.4, 0.5) is 4.79 Å². The van der Waals surface area contributed by atoms with Crippen LogP contribution in [0, 0.1) is 0 Å². The Labute approximate surface area is 132 Å². The average Bonchev–Trinajstić information content (AvgIpc) is 2.87. The van der Waals surface area contributed by atoms with Gasteiger partial charge in [-0.15, -0.1) is 0 Å². The molecule has 1 fully saturated rings. The van der Waals surface area contributed by atoms with Crippen LogP contribution >= 0.6 is 0 Å². The molecule has 1 aliphatic heterocycles. The number of hydrogen-bond acceptors (Lipinski definition) is 4. The standard InChI is InChI=1S/C17H27N3O2/c1-17(2,3)22-16(21)19-14-9-10-20(12-14)15(11-18)13-7-5-4-6-8-13/h4-8,14-15H,9-12,18H2,1-3H3,(H,19,21)/t14-,15-/m1/s1. The summed E-state index contributed by atoms with van der Waals surface area (Å²) in [6.45, 7) is 7.91. The Morgan fingerprint density at radius 1 is 1.41 bits per heavy atom. The lowest BCUT2D eigenvalue weighted by Gasteiger charge is -2.27. The maximum absolute atomic E-state index is 11.9. The molecule has 0 saturated carbocycles. The molecule has 3 N–H and O–H groups in total. The second-order valence-corrected chi connectivity index (χ2v) is 6.79. The van der Waals surface area contributed by atoms with Crippen LogP contribution in [-0.4, -0.2) is 42.3 Å². The average molecular weight is 305 g/mol. The highest BCUT2D eigenvalue weighted by Gasteiger charge is 2.30. The van der Waals surface area contributed by atoms with E-state index in [0.717, 1.165) is 19.5 Å². The summed E-state index contributed by atoms with van der Waals surface area (Å²) in [5.74, 6) is 0. The molecule has 0 unspecified atom stereocenters. The quantitative estimate of drug-likeness (QED) is 0.895. The smallest absolute Gasteiger partial charge is 0.407 e. The van der Waals surface area contributed by atoms with Crippen molar-refractivity contribution >= 4 is 6.09 Å². The summed E-state index contributed by atoms with van der Waals surface area (Å²) in [5, 5.41) is 2.95. The highest BCUT2D eigenvalue weighted by Crippen LogP contribution is 2.24. The number of rotatable bonds is 4. The van der Waals surface area contributed by atoms with Gasteiger partial charge in [-0.2, -0.15) is 0 Å². The number of nitrogens with two attached hydrogens (primary N) is 1. The summed E-state index contributed by atoms with van der Waals surface area (Å²) in [6, 6.07) is 10.6. The molecule has 22 heavy (non-hydrogen) atoms. The van der Waals surface area contributed by atoms with E-state index in [1.807, 2.05) is 39.0 Å². The van der Waals surface area contributed by atoms with E-state index in [0.29, 0.717) is 6.54 Å². The molecule has 2 rings (SSSR count). The zero-order chi connectivity index (χ0) is 16.2. The van der Waals surface area contributed by atoms with Crippen molar-refractivity contribution in [2.24, 2.45) is 5.73 Å². The van der Waals surface area contributed by atoms with Crippen molar-refractivity contribution in [1.29, 1.82) is 0 Å². The molecular formula is C17H27N3O2. The Morgan fingerprint density at radius 3 is 2.68 bits per heavy atom. The molecule has 0 spiro atoms. The van der Waals surface area contributed by atoms with Gasteiger partial charge in [-0.05, 0) is 32.8 Å².